The van der Waals surface area contributed by atoms with Gasteiger partial charge in [0.05, 0.1) is 47.1 Å². The second-order valence-corrected chi connectivity index (χ2v) is 14.0. The van der Waals surface area contributed by atoms with E-state index in [0.717, 1.165) is 100.0 Å². The van der Waals surface area contributed by atoms with Gasteiger partial charge in [0, 0.05) is 32.3 Å². The van der Waals surface area contributed by atoms with Crippen molar-refractivity contribution < 1.29 is 27.8 Å². The highest BCUT2D eigenvalue weighted by Crippen LogP contribution is 2.38. The molecular formula is C34H45F2N7O4. The SMILES string of the molecule is Cc1nn(C2CCC(=O)NC2=O)c2cccc(OC3CC(COC4CCN(CC5CCC(n6cc(N)c(C(F)F)n6)CC5)CC4)C3)c12. The first-order chi connectivity index (χ1) is 22.7. The number of piperidine rings is 2. The maximum atomic E-state index is 13.1. The molecule has 2 amide bonds. The fourth-order valence-electron chi connectivity index (χ4n) is 7.94. The topological polar surface area (TPSA) is 130 Å². The number of ether oxygens (including phenoxy) is 2. The zero-order valence-corrected chi connectivity index (χ0v) is 27.0. The number of nitrogens with one attached hydrogen (secondary N) is 1. The molecule has 2 aliphatic heterocycles. The van der Waals surface area contributed by atoms with E-state index in [-0.39, 0.29) is 35.3 Å². The first kappa shape index (κ1) is 32.0. The van der Waals surface area contributed by atoms with Crippen molar-refractivity contribution in [1.29, 1.82) is 0 Å². The molecule has 3 N–H and O–H groups in total. The van der Waals surface area contributed by atoms with Crippen molar-refractivity contribution in [2.75, 3.05) is 32.0 Å². The van der Waals surface area contributed by atoms with Crippen LogP contribution in [0.15, 0.2) is 24.4 Å². The highest BCUT2D eigenvalue weighted by atomic mass is 19.3. The maximum absolute atomic E-state index is 13.1. The van der Waals surface area contributed by atoms with E-state index < -0.39 is 12.5 Å². The third-order valence-corrected chi connectivity index (χ3v) is 10.7. The van der Waals surface area contributed by atoms with Crippen molar-refractivity contribution >= 4 is 28.4 Å². The molecule has 0 bridgehead atoms. The third-order valence-electron chi connectivity index (χ3n) is 10.7. The van der Waals surface area contributed by atoms with E-state index >= 15 is 0 Å². The molecule has 13 heteroatoms. The molecule has 7 rings (SSSR count). The molecule has 2 saturated carbocycles. The summed E-state index contributed by atoms with van der Waals surface area (Å²) in [6.45, 7) is 5.87. The number of hydrogen-bond acceptors (Lipinski definition) is 8. The lowest BCUT2D eigenvalue weighted by Crippen LogP contribution is -2.42. The van der Waals surface area contributed by atoms with E-state index in [4.69, 9.17) is 15.2 Å². The number of imide groups is 1. The molecule has 2 saturated heterocycles. The number of rotatable bonds is 10. The zero-order valence-electron chi connectivity index (χ0n) is 27.0. The van der Waals surface area contributed by atoms with Crippen LogP contribution in [0, 0.1) is 18.8 Å². The van der Waals surface area contributed by atoms with Gasteiger partial charge in [0.2, 0.25) is 5.91 Å². The van der Waals surface area contributed by atoms with Crippen LogP contribution in [0.4, 0.5) is 14.5 Å². The lowest BCUT2D eigenvalue weighted by atomic mass is 9.83. The molecule has 4 fully saturated rings. The predicted molar refractivity (Wildman–Crippen MR) is 171 cm³/mol. The molecular weight excluding hydrogens is 608 g/mol. The van der Waals surface area contributed by atoms with Crippen molar-refractivity contribution in [3.05, 3.63) is 35.8 Å². The number of alkyl halides is 2. The van der Waals surface area contributed by atoms with Gasteiger partial charge in [0.1, 0.15) is 11.8 Å². The Hall–Kier alpha value is -3.58. The number of likely N-dealkylation sites (tertiary alicyclic amines) is 1. The molecule has 254 valence electrons. The van der Waals surface area contributed by atoms with Gasteiger partial charge in [-0.2, -0.15) is 10.2 Å². The van der Waals surface area contributed by atoms with E-state index in [1.165, 1.54) is 0 Å². The van der Waals surface area contributed by atoms with Gasteiger partial charge in [0.25, 0.3) is 12.3 Å². The Morgan fingerprint density at radius 1 is 1.00 bits per heavy atom. The number of halogens is 2. The van der Waals surface area contributed by atoms with Gasteiger partial charge in [-0.05, 0) is 88.7 Å². The Bertz CT molecular complexity index is 1590. The number of carbonyl (C=O) groups excluding carboxylic acids is 2. The fourth-order valence-corrected chi connectivity index (χ4v) is 7.94. The summed E-state index contributed by atoms with van der Waals surface area (Å²) in [5, 5.41) is 12.1. The number of aryl methyl sites for hydroxylation is 1. The van der Waals surface area contributed by atoms with Crippen LogP contribution in [-0.4, -0.2) is 74.7 Å². The molecule has 4 aliphatic rings. The summed E-state index contributed by atoms with van der Waals surface area (Å²) < 4.78 is 42.4. The number of anilines is 1. The largest absolute Gasteiger partial charge is 0.490 e. The van der Waals surface area contributed by atoms with Gasteiger partial charge in [-0.3, -0.25) is 24.3 Å². The number of carbonyl (C=O) groups is 2. The average Bonchev–Trinajstić information content (AvgIpc) is 3.59. The summed E-state index contributed by atoms with van der Waals surface area (Å²) in [5.41, 5.74) is 7.17. The van der Waals surface area contributed by atoms with Crippen LogP contribution in [0.5, 0.6) is 5.75 Å². The molecule has 11 nitrogen and oxygen atoms in total. The number of hydrogen-bond donors (Lipinski definition) is 2. The van der Waals surface area contributed by atoms with E-state index in [1.807, 2.05) is 25.1 Å². The van der Waals surface area contributed by atoms with Gasteiger partial charge in [-0.1, -0.05) is 6.07 Å². The van der Waals surface area contributed by atoms with Crippen LogP contribution in [0.1, 0.15) is 94.1 Å². The van der Waals surface area contributed by atoms with E-state index in [1.54, 1.807) is 15.6 Å². The first-order valence-corrected chi connectivity index (χ1v) is 17.2. The summed E-state index contributed by atoms with van der Waals surface area (Å²) in [6, 6.07) is 5.50. The molecule has 3 aromatic rings. The van der Waals surface area contributed by atoms with Gasteiger partial charge < -0.3 is 20.1 Å². The third kappa shape index (κ3) is 6.87. The number of nitrogen functional groups attached to an aromatic ring is 1. The Morgan fingerprint density at radius 3 is 2.47 bits per heavy atom. The van der Waals surface area contributed by atoms with Gasteiger partial charge >= 0.3 is 0 Å². The number of nitrogens with two attached hydrogens (primary N) is 1. The summed E-state index contributed by atoms with van der Waals surface area (Å²) >= 11 is 0. The molecule has 2 aromatic heterocycles. The molecule has 0 radical (unpaired) electrons. The minimum atomic E-state index is -2.64. The van der Waals surface area contributed by atoms with Crippen LogP contribution in [-0.2, 0) is 14.3 Å². The smallest absolute Gasteiger partial charge is 0.284 e. The van der Waals surface area contributed by atoms with E-state index in [2.05, 4.69) is 20.4 Å². The van der Waals surface area contributed by atoms with Gasteiger partial charge in [-0.15, -0.1) is 0 Å². The molecule has 2 aliphatic carbocycles. The van der Waals surface area contributed by atoms with Gasteiger partial charge in [0.15, 0.2) is 5.69 Å². The molecule has 47 heavy (non-hydrogen) atoms. The van der Waals surface area contributed by atoms with Crippen molar-refractivity contribution in [3.63, 3.8) is 0 Å². The molecule has 0 spiro atoms. The zero-order chi connectivity index (χ0) is 32.7. The van der Waals surface area contributed by atoms with Gasteiger partial charge in [-0.25, -0.2) is 8.78 Å². The second-order valence-electron chi connectivity index (χ2n) is 14.0. The summed E-state index contributed by atoms with van der Waals surface area (Å²) in [5.74, 6) is 1.35. The van der Waals surface area contributed by atoms with E-state index in [0.29, 0.717) is 30.8 Å². The van der Waals surface area contributed by atoms with Crippen LogP contribution in [0.25, 0.3) is 10.9 Å². The minimum absolute atomic E-state index is 0.0832. The second kappa shape index (κ2) is 13.5. The number of fused-ring (bicyclic) bond motifs is 1. The summed E-state index contributed by atoms with van der Waals surface area (Å²) in [7, 11) is 0. The van der Waals surface area contributed by atoms with E-state index in [9.17, 15) is 18.4 Å². The van der Waals surface area contributed by atoms with Crippen LogP contribution >= 0.6 is 0 Å². The molecule has 1 aromatic carbocycles. The van der Waals surface area contributed by atoms with Crippen LogP contribution < -0.4 is 15.8 Å². The van der Waals surface area contributed by atoms with Crippen molar-refractivity contribution in [3.8, 4) is 5.75 Å². The fraction of sp³-hybridized carbons (Fsp3) is 0.647. The number of benzene rings is 1. The predicted octanol–water partition coefficient (Wildman–Crippen LogP) is 5.11. The molecule has 4 heterocycles. The lowest BCUT2D eigenvalue weighted by molar-refractivity contribution is -0.135. The molecule has 1 atom stereocenters. The van der Waals surface area contributed by atoms with Crippen molar-refractivity contribution in [1.82, 2.24) is 29.8 Å². The summed E-state index contributed by atoms with van der Waals surface area (Å²) in [6.07, 6.45) is 8.14. The Morgan fingerprint density at radius 2 is 1.77 bits per heavy atom. The highest BCUT2D eigenvalue weighted by molar-refractivity contribution is 6.00. The Labute approximate surface area is 273 Å². The standard InChI is InChI=1S/C34H45F2N7O4/c1-20-31-27(43(39-20)28-9-10-30(44)38-34(28)45)3-2-4-29(31)47-25-15-22(16-25)19-46-24-11-13-41(14-12-24)17-21-5-7-23(8-6-21)42-18-26(37)32(40-42)33(35)36/h2-4,18,21-25,28,33H,5-17,19,37H2,1H3,(H,38,44,45). The average molecular weight is 654 g/mol. The first-order valence-electron chi connectivity index (χ1n) is 17.2. The molecule has 1 unspecified atom stereocenters. The van der Waals surface area contributed by atoms with Crippen molar-refractivity contribution in [2.24, 2.45) is 11.8 Å². The highest BCUT2D eigenvalue weighted by Gasteiger charge is 2.35. The number of amides is 2. The maximum Gasteiger partial charge on any atom is 0.284 e. The van der Waals surface area contributed by atoms with Crippen molar-refractivity contribution in [2.45, 2.75) is 102 Å². The quantitative estimate of drug-likeness (QED) is 0.289. The normalized spacial score (nSPS) is 27.7. The van der Waals surface area contributed by atoms with Crippen LogP contribution in [0.2, 0.25) is 0 Å². The summed E-state index contributed by atoms with van der Waals surface area (Å²) in [4.78, 5) is 26.7. The Kier molecular flexibility index (Phi) is 9.19. The Balaban J connectivity index is 0.817. The van der Waals surface area contributed by atoms with Crippen LogP contribution in [0.3, 0.4) is 0 Å². The number of aromatic nitrogens is 4. The minimum Gasteiger partial charge on any atom is -0.490 e. The lowest BCUT2D eigenvalue weighted by Gasteiger charge is -2.38. The number of nitrogens with zero attached hydrogens (tertiary/aromatic N) is 5. The monoisotopic (exact) mass is 653 g/mol.